The first-order valence-electron chi connectivity index (χ1n) is 17.6. The Kier molecular flexibility index (Phi) is 7.21. The van der Waals surface area contributed by atoms with Crippen LogP contribution >= 0.6 is 0 Å². The molecule has 0 spiro atoms. The van der Waals surface area contributed by atoms with E-state index in [9.17, 15) is 0 Å². The van der Waals surface area contributed by atoms with Gasteiger partial charge in [0.2, 0.25) is 0 Å². The van der Waals surface area contributed by atoms with Gasteiger partial charge in [0.15, 0.2) is 17.5 Å². The highest BCUT2D eigenvalue weighted by atomic mass is 15.1. The van der Waals surface area contributed by atoms with Crippen molar-refractivity contribution in [3.63, 3.8) is 0 Å². The fourth-order valence-electron chi connectivity index (χ4n) is 7.68. The van der Waals surface area contributed by atoms with E-state index in [0.29, 0.717) is 17.5 Å². The summed E-state index contributed by atoms with van der Waals surface area (Å²) in [5.41, 5.74) is 12.5. The predicted molar refractivity (Wildman–Crippen MR) is 216 cm³/mol. The van der Waals surface area contributed by atoms with E-state index in [-0.39, 0.29) is 6.85 Å². The Morgan fingerprint density at radius 2 is 1.02 bits per heavy atom. The lowest BCUT2D eigenvalue weighted by molar-refractivity contribution is 1.07. The number of fused-ring (bicyclic) bond motifs is 7. The molecule has 0 aliphatic carbocycles. The lowest BCUT2D eigenvalue weighted by Crippen LogP contribution is -2.49. The molecule has 52 heavy (non-hydrogen) atoms. The molecule has 1 aromatic heterocycles. The lowest BCUT2D eigenvalue weighted by Gasteiger charge is -2.37. The van der Waals surface area contributed by atoms with Crippen molar-refractivity contribution >= 4 is 34.3 Å². The summed E-state index contributed by atoms with van der Waals surface area (Å²) in [4.78, 5) is 17.5. The van der Waals surface area contributed by atoms with Crippen LogP contribution in [0.3, 0.4) is 0 Å². The lowest BCUT2D eigenvalue weighted by atomic mass is 9.49. The van der Waals surface area contributed by atoms with Crippen LogP contribution in [0, 0.1) is 0 Å². The van der Waals surface area contributed by atoms with Crippen molar-refractivity contribution in [2.24, 2.45) is 0 Å². The molecule has 0 fully saturated rings. The Morgan fingerprint density at radius 1 is 0.423 bits per heavy atom. The third kappa shape index (κ3) is 5.14. The number of hydrogen-bond acceptors (Lipinski definition) is 4. The second kappa shape index (κ2) is 12.5. The number of nitrogens with zero attached hydrogens (tertiary/aromatic N) is 4. The molecule has 8 aromatic rings. The SMILES string of the molecule is C1=CC(c2ccc(-c3nc(-c4ccccc4)nc(-c4ccccc4)n3)cc2-c2cccc3ccccc23)=CN2B1c1ccccc1-c1ccccc12. The largest absolute Gasteiger partial charge is 0.382 e. The molecule has 0 N–H and O–H groups in total. The minimum Gasteiger partial charge on any atom is -0.382 e. The zero-order chi connectivity index (χ0) is 34.4. The summed E-state index contributed by atoms with van der Waals surface area (Å²) in [6, 6.07) is 59.6. The quantitative estimate of drug-likeness (QED) is 0.172. The summed E-state index contributed by atoms with van der Waals surface area (Å²) in [7, 11) is 0. The van der Waals surface area contributed by atoms with Gasteiger partial charge in [0.05, 0.1) is 0 Å². The molecule has 2 aliphatic heterocycles. The molecule has 5 heteroatoms. The van der Waals surface area contributed by atoms with Crippen LogP contribution in [0.4, 0.5) is 5.69 Å². The Labute approximate surface area is 303 Å². The van der Waals surface area contributed by atoms with Gasteiger partial charge < -0.3 is 4.81 Å². The normalized spacial score (nSPS) is 13.0. The van der Waals surface area contributed by atoms with Crippen molar-refractivity contribution in [2.75, 3.05) is 4.81 Å². The third-order valence-corrected chi connectivity index (χ3v) is 10.2. The van der Waals surface area contributed by atoms with Gasteiger partial charge in [-0.15, -0.1) is 0 Å². The van der Waals surface area contributed by atoms with E-state index in [2.05, 4.69) is 132 Å². The Hall–Kier alpha value is -6.85. The molecule has 0 unspecified atom stereocenters. The number of hydrogen-bond donors (Lipinski definition) is 0. The highest BCUT2D eigenvalue weighted by Crippen LogP contribution is 2.41. The van der Waals surface area contributed by atoms with Crippen LogP contribution in [0.15, 0.2) is 188 Å². The van der Waals surface area contributed by atoms with Crippen LogP contribution in [0.5, 0.6) is 0 Å². The fraction of sp³-hybridized carbons (Fsp3) is 0. The summed E-state index contributed by atoms with van der Waals surface area (Å²) in [5, 5.41) is 2.40. The maximum atomic E-state index is 5.08. The maximum Gasteiger partial charge on any atom is 0.320 e. The van der Waals surface area contributed by atoms with Crippen LogP contribution in [0.25, 0.3) is 72.8 Å². The highest BCUT2D eigenvalue weighted by molar-refractivity contribution is 6.84. The second-order valence-corrected chi connectivity index (χ2v) is 13.2. The molecule has 0 amide bonds. The third-order valence-electron chi connectivity index (χ3n) is 10.2. The molecule has 0 saturated carbocycles. The van der Waals surface area contributed by atoms with Gasteiger partial charge >= 0.3 is 6.85 Å². The average molecular weight is 663 g/mol. The van der Waals surface area contributed by atoms with Crippen LogP contribution in [-0.2, 0) is 0 Å². The minimum atomic E-state index is 0.119. The van der Waals surface area contributed by atoms with Gasteiger partial charge in [-0.3, -0.25) is 0 Å². The van der Waals surface area contributed by atoms with Gasteiger partial charge in [-0.1, -0.05) is 170 Å². The highest BCUT2D eigenvalue weighted by Gasteiger charge is 2.34. The van der Waals surface area contributed by atoms with E-state index >= 15 is 0 Å². The molecule has 0 radical (unpaired) electrons. The van der Waals surface area contributed by atoms with Gasteiger partial charge in [-0.25, -0.2) is 15.0 Å². The molecule has 3 heterocycles. The van der Waals surface area contributed by atoms with E-state index < -0.39 is 0 Å². The predicted octanol–water partition coefficient (Wildman–Crippen LogP) is 10.5. The van der Waals surface area contributed by atoms with Gasteiger partial charge in [0, 0.05) is 27.9 Å². The molecule has 4 nitrogen and oxygen atoms in total. The average Bonchev–Trinajstić information content (AvgIpc) is 3.23. The summed E-state index contributed by atoms with van der Waals surface area (Å²) < 4.78 is 0. The molecule has 0 atom stereocenters. The molecule has 2 aliphatic rings. The standard InChI is InChI=1S/C47H31BN4/c1-3-15-33(16-4-1)45-49-46(34-17-5-2-6-18-34)51-47(50-45)35-26-27-38(42(30-35)39-23-13-19-32-14-7-8-20-37(32)39)36-28-29-48-43-24-11-9-21-40(43)41-22-10-12-25-44(41)52(48)31-36/h1-31H. The number of benzene rings is 7. The van der Waals surface area contributed by atoms with Gasteiger partial charge in [0.25, 0.3) is 0 Å². The van der Waals surface area contributed by atoms with E-state index in [1.165, 1.54) is 33.0 Å². The zero-order valence-corrected chi connectivity index (χ0v) is 28.3. The summed E-state index contributed by atoms with van der Waals surface area (Å²) >= 11 is 0. The molecule has 0 bridgehead atoms. The minimum absolute atomic E-state index is 0.119. The van der Waals surface area contributed by atoms with Gasteiger partial charge in [0.1, 0.15) is 0 Å². The van der Waals surface area contributed by atoms with Gasteiger partial charge in [-0.2, -0.15) is 0 Å². The van der Waals surface area contributed by atoms with Crippen molar-refractivity contribution in [1.82, 2.24) is 15.0 Å². The number of anilines is 1. The first kappa shape index (κ1) is 30.0. The molecule has 7 aromatic carbocycles. The van der Waals surface area contributed by atoms with Crippen LogP contribution < -0.4 is 10.3 Å². The smallest absolute Gasteiger partial charge is 0.320 e. The molecule has 242 valence electrons. The van der Waals surface area contributed by atoms with E-state index in [1.54, 1.807) is 0 Å². The van der Waals surface area contributed by atoms with E-state index in [1.807, 2.05) is 60.7 Å². The maximum absolute atomic E-state index is 5.08. The molecular formula is C47H31BN4. The molecule has 10 rings (SSSR count). The number of allylic oxidation sites excluding steroid dienone is 2. The Bertz CT molecular complexity index is 2640. The van der Waals surface area contributed by atoms with Crippen molar-refractivity contribution in [2.45, 2.75) is 0 Å². The Morgan fingerprint density at radius 3 is 1.79 bits per heavy atom. The summed E-state index contributed by atoms with van der Waals surface area (Å²) in [6.45, 7) is 0.119. The number of aromatic nitrogens is 3. The van der Waals surface area contributed by atoms with Crippen molar-refractivity contribution in [3.8, 4) is 56.4 Å². The number of para-hydroxylation sites is 1. The molecule has 0 saturated heterocycles. The van der Waals surface area contributed by atoms with Crippen LogP contribution in [-0.4, -0.2) is 21.8 Å². The van der Waals surface area contributed by atoms with Crippen molar-refractivity contribution < 1.29 is 0 Å². The number of rotatable bonds is 5. The molecular weight excluding hydrogens is 631 g/mol. The summed E-state index contributed by atoms with van der Waals surface area (Å²) in [6.07, 6.45) is 4.62. The first-order valence-corrected chi connectivity index (χ1v) is 17.6. The van der Waals surface area contributed by atoms with Crippen molar-refractivity contribution in [3.05, 3.63) is 194 Å². The van der Waals surface area contributed by atoms with Crippen LogP contribution in [0.2, 0.25) is 0 Å². The Balaban J connectivity index is 1.17. The van der Waals surface area contributed by atoms with Crippen molar-refractivity contribution in [1.29, 1.82) is 0 Å². The summed E-state index contributed by atoms with van der Waals surface area (Å²) in [5.74, 6) is 4.27. The second-order valence-electron chi connectivity index (χ2n) is 13.2. The van der Waals surface area contributed by atoms with Crippen LogP contribution in [0.1, 0.15) is 5.56 Å². The monoisotopic (exact) mass is 662 g/mol. The van der Waals surface area contributed by atoms with Gasteiger partial charge in [-0.05, 0) is 62.4 Å². The van der Waals surface area contributed by atoms with E-state index in [4.69, 9.17) is 15.0 Å². The fourth-order valence-corrected chi connectivity index (χ4v) is 7.68. The topological polar surface area (TPSA) is 41.9 Å². The van der Waals surface area contributed by atoms with E-state index in [0.717, 1.165) is 39.0 Å². The zero-order valence-electron chi connectivity index (χ0n) is 28.3. The first-order chi connectivity index (χ1) is 25.8.